The summed E-state index contributed by atoms with van der Waals surface area (Å²) in [6.45, 7) is 0. The molecule has 3 unspecified atom stereocenters. The lowest BCUT2D eigenvalue weighted by molar-refractivity contribution is -0.386. The number of nitro benzene ring substituents is 1. The van der Waals surface area contributed by atoms with Crippen LogP contribution in [-0.2, 0) is 4.57 Å². The number of thioether (sulfide) groups is 1. The molecule has 0 radical (unpaired) electrons. The van der Waals surface area contributed by atoms with Gasteiger partial charge < -0.3 is 14.9 Å². The molecule has 2 aliphatic rings. The molecule has 3 rings (SSSR count). The molecule has 7 nitrogen and oxygen atoms in total. The molecule has 22 heavy (non-hydrogen) atoms. The van der Waals surface area contributed by atoms with E-state index in [9.17, 15) is 19.8 Å². The molecule has 0 spiro atoms. The summed E-state index contributed by atoms with van der Waals surface area (Å²) in [5.74, 6) is -2.17. The van der Waals surface area contributed by atoms with Crippen molar-refractivity contribution >= 4 is 25.0 Å². The summed E-state index contributed by atoms with van der Waals surface area (Å²) >= 11 is 2.20. The number of nitrogens with zero attached hydrogens (tertiary/aromatic N) is 1. The van der Waals surface area contributed by atoms with Crippen LogP contribution in [0.1, 0.15) is 37.1 Å². The van der Waals surface area contributed by atoms with E-state index in [1.54, 1.807) is 0 Å². The van der Waals surface area contributed by atoms with Crippen LogP contribution in [0.3, 0.4) is 0 Å². The Morgan fingerprint density at radius 3 is 2.23 bits per heavy atom. The summed E-state index contributed by atoms with van der Waals surface area (Å²) in [6.07, 6.45) is 6.06. The highest BCUT2D eigenvalue weighted by atomic mass is 32.2. The molecular formula is C13H18NO6PS. The van der Waals surface area contributed by atoms with Crippen LogP contribution in [-0.4, -0.2) is 30.3 Å². The molecule has 1 saturated carbocycles. The molecule has 122 valence electrons. The predicted octanol–water partition coefficient (Wildman–Crippen LogP) is 2.81. The van der Waals surface area contributed by atoms with E-state index in [2.05, 4.69) is 11.8 Å². The van der Waals surface area contributed by atoms with E-state index in [0.717, 1.165) is 22.6 Å². The van der Waals surface area contributed by atoms with E-state index < -0.39 is 29.6 Å². The van der Waals surface area contributed by atoms with Crippen LogP contribution in [0.25, 0.3) is 0 Å². The average Bonchev–Trinajstić information content (AvgIpc) is 3.25. The lowest BCUT2D eigenvalue weighted by Gasteiger charge is -2.12. The molecule has 1 aromatic rings. The minimum absolute atomic E-state index is 0.393. The molecule has 1 aliphatic heterocycles. The fourth-order valence-corrected chi connectivity index (χ4v) is 4.25. The molecule has 1 aromatic carbocycles. The molecule has 3 atom stereocenters. The van der Waals surface area contributed by atoms with Crippen molar-refractivity contribution in [2.45, 2.75) is 42.0 Å². The first-order valence-corrected chi connectivity index (χ1v) is 9.55. The number of rotatable bonds is 3. The number of aliphatic hydroxyl groups is 1. The summed E-state index contributed by atoms with van der Waals surface area (Å²) < 4.78 is 10.7. The number of fused-ring (bicyclic) bond motifs is 1. The van der Waals surface area contributed by atoms with E-state index in [1.807, 2.05) is 0 Å². The van der Waals surface area contributed by atoms with Crippen LogP contribution >= 0.6 is 19.4 Å². The van der Waals surface area contributed by atoms with Crippen molar-refractivity contribution in [3.8, 4) is 0 Å². The SMILES string of the molecule is C1CCC2SC2C1.O=[N+]([O-])c1ccccc1C(O)P(=O)(O)O. The monoisotopic (exact) mass is 347 g/mol. The van der Waals surface area contributed by atoms with Gasteiger partial charge in [-0.3, -0.25) is 14.7 Å². The zero-order chi connectivity index (χ0) is 16.3. The number of benzene rings is 1. The Morgan fingerprint density at radius 2 is 1.77 bits per heavy atom. The molecule has 1 saturated heterocycles. The average molecular weight is 347 g/mol. The van der Waals surface area contributed by atoms with Crippen LogP contribution in [0.2, 0.25) is 0 Å². The third kappa shape index (κ3) is 4.54. The first kappa shape index (κ1) is 17.4. The lowest BCUT2D eigenvalue weighted by Crippen LogP contribution is -2.02. The molecule has 0 amide bonds. The van der Waals surface area contributed by atoms with Crippen molar-refractivity contribution in [1.82, 2.24) is 0 Å². The molecule has 1 heterocycles. The first-order valence-electron chi connectivity index (χ1n) is 6.92. The van der Waals surface area contributed by atoms with Gasteiger partial charge in [-0.25, -0.2) is 0 Å². The van der Waals surface area contributed by atoms with Gasteiger partial charge in [0, 0.05) is 16.6 Å². The van der Waals surface area contributed by atoms with Gasteiger partial charge in [0.05, 0.1) is 10.5 Å². The van der Waals surface area contributed by atoms with Gasteiger partial charge in [-0.2, -0.15) is 11.8 Å². The summed E-state index contributed by atoms with van der Waals surface area (Å²) in [5, 5.41) is 22.0. The van der Waals surface area contributed by atoms with E-state index in [-0.39, 0.29) is 0 Å². The maximum Gasteiger partial charge on any atom is 0.358 e. The highest BCUT2D eigenvalue weighted by Crippen LogP contribution is 2.51. The Balaban J connectivity index is 0.000000205. The number of hydrogen-bond donors (Lipinski definition) is 3. The van der Waals surface area contributed by atoms with Crippen LogP contribution in [0.5, 0.6) is 0 Å². The largest absolute Gasteiger partial charge is 0.376 e. The third-order valence-corrected chi connectivity index (χ3v) is 6.07. The Kier molecular flexibility index (Phi) is 5.63. The standard InChI is InChI=1S/C7H8NO6P.C6H10S/c9-7(15(12,13)14)5-3-1-2-4-6(5)8(10)11;1-2-4-6-5(3-1)7-6/h1-4,7,9H,(H2,12,13,14);5-6H,1-4H2. The fourth-order valence-electron chi connectivity index (χ4n) is 2.43. The number of aliphatic hydroxyl groups excluding tert-OH is 1. The van der Waals surface area contributed by atoms with Crippen LogP contribution in [0.4, 0.5) is 5.69 Å². The molecule has 2 fully saturated rings. The van der Waals surface area contributed by atoms with Gasteiger partial charge in [-0.15, -0.1) is 0 Å². The number of para-hydroxylation sites is 1. The van der Waals surface area contributed by atoms with Crippen molar-refractivity contribution in [3.05, 3.63) is 39.9 Å². The fraction of sp³-hybridized carbons (Fsp3) is 0.538. The highest BCUT2D eigenvalue weighted by Gasteiger charge is 2.39. The van der Waals surface area contributed by atoms with E-state index in [0.29, 0.717) is 0 Å². The van der Waals surface area contributed by atoms with Crippen LogP contribution in [0.15, 0.2) is 24.3 Å². The van der Waals surface area contributed by atoms with Crippen LogP contribution < -0.4 is 0 Å². The molecule has 0 bridgehead atoms. The Morgan fingerprint density at radius 1 is 1.23 bits per heavy atom. The topological polar surface area (TPSA) is 121 Å². The normalized spacial score (nSPS) is 24.5. The molecule has 0 aromatic heterocycles. The minimum Gasteiger partial charge on any atom is -0.376 e. The number of nitro groups is 1. The second-order valence-electron chi connectivity index (χ2n) is 5.28. The van der Waals surface area contributed by atoms with Crippen molar-refractivity contribution < 1.29 is 24.4 Å². The second kappa shape index (κ2) is 7.10. The van der Waals surface area contributed by atoms with Gasteiger partial charge in [-0.05, 0) is 18.9 Å². The van der Waals surface area contributed by atoms with Gasteiger partial charge in [-0.1, -0.05) is 25.0 Å². The van der Waals surface area contributed by atoms with Crippen molar-refractivity contribution in [1.29, 1.82) is 0 Å². The second-order valence-corrected chi connectivity index (χ2v) is 8.43. The third-order valence-electron chi connectivity index (χ3n) is 3.65. The summed E-state index contributed by atoms with van der Waals surface area (Å²) in [5.41, 5.74) is -0.913. The quantitative estimate of drug-likeness (QED) is 0.333. The zero-order valence-electron chi connectivity index (χ0n) is 11.7. The van der Waals surface area contributed by atoms with Crippen molar-refractivity contribution in [2.24, 2.45) is 0 Å². The van der Waals surface area contributed by atoms with Crippen molar-refractivity contribution in [2.75, 3.05) is 0 Å². The maximum absolute atomic E-state index is 10.7. The van der Waals surface area contributed by atoms with Gasteiger partial charge in [0.1, 0.15) is 0 Å². The summed E-state index contributed by atoms with van der Waals surface area (Å²) in [4.78, 5) is 27.1. The smallest absolute Gasteiger partial charge is 0.358 e. The van der Waals surface area contributed by atoms with Crippen molar-refractivity contribution in [3.63, 3.8) is 0 Å². The van der Waals surface area contributed by atoms with Gasteiger partial charge >= 0.3 is 7.60 Å². The number of hydrogen-bond acceptors (Lipinski definition) is 5. The molecule has 1 aliphatic carbocycles. The Hall–Kier alpha value is -0.920. The van der Waals surface area contributed by atoms with E-state index in [1.165, 1.54) is 37.8 Å². The van der Waals surface area contributed by atoms with E-state index in [4.69, 9.17) is 9.79 Å². The molecular weight excluding hydrogens is 329 g/mol. The van der Waals surface area contributed by atoms with Crippen LogP contribution in [0, 0.1) is 10.1 Å². The molecule has 3 N–H and O–H groups in total. The Labute approximate surface area is 132 Å². The predicted molar refractivity (Wildman–Crippen MR) is 83.7 cm³/mol. The molecule has 9 heteroatoms. The highest BCUT2D eigenvalue weighted by molar-refractivity contribution is 8.07. The first-order chi connectivity index (χ1) is 10.3. The minimum atomic E-state index is -4.79. The summed E-state index contributed by atoms with van der Waals surface area (Å²) in [7, 11) is -4.79. The zero-order valence-corrected chi connectivity index (χ0v) is 13.4. The maximum atomic E-state index is 10.7. The Bertz CT molecular complexity index is 582. The van der Waals surface area contributed by atoms with Gasteiger partial charge in [0.25, 0.3) is 5.69 Å². The lowest BCUT2D eigenvalue weighted by atomic mass is 10.0. The summed E-state index contributed by atoms with van der Waals surface area (Å²) in [6, 6.07) is 4.85. The van der Waals surface area contributed by atoms with E-state index >= 15 is 0 Å². The van der Waals surface area contributed by atoms with Gasteiger partial charge in [0.15, 0.2) is 5.85 Å². The van der Waals surface area contributed by atoms with Gasteiger partial charge in [0.2, 0.25) is 0 Å².